The lowest BCUT2D eigenvalue weighted by Crippen LogP contribution is -2.45. The smallest absolute Gasteiger partial charge is 0.242 e. The second-order valence-electron chi connectivity index (χ2n) is 10.5. The highest BCUT2D eigenvalue weighted by Crippen LogP contribution is 2.22. The van der Waals surface area contributed by atoms with Crippen molar-refractivity contribution in [2.24, 2.45) is 5.41 Å². The Labute approximate surface area is 207 Å². The molecule has 2 amide bonds. The number of aryl methyl sites for hydroxylation is 1. The summed E-state index contributed by atoms with van der Waals surface area (Å²) in [5, 5.41) is 2.03. The van der Waals surface area contributed by atoms with Gasteiger partial charge in [-0.1, -0.05) is 32.9 Å². The van der Waals surface area contributed by atoms with Gasteiger partial charge in [0.2, 0.25) is 11.8 Å². The molecule has 1 aliphatic heterocycles. The molecule has 0 radical (unpaired) electrons. The predicted octanol–water partition coefficient (Wildman–Crippen LogP) is 5.09. The fourth-order valence-electron chi connectivity index (χ4n) is 4.17. The number of halogens is 1. The maximum Gasteiger partial charge on any atom is 0.242 e. The first-order valence-corrected chi connectivity index (χ1v) is 13.0. The number of carbonyl (C=O) groups excluding carboxylic acids is 2. The first kappa shape index (κ1) is 26.4. The fraction of sp³-hybridized carbons (Fsp3) is 0.556. The third kappa shape index (κ3) is 8.20. The van der Waals surface area contributed by atoms with Gasteiger partial charge in [0, 0.05) is 30.9 Å². The van der Waals surface area contributed by atoms with E-state index in [9.17, 15) is 14.0 Å². The SMILES string of the molecule is Cc1ccsc1CN(Cc1ccc(F)cc1)C(=O)CN(CCN1CCCC1)C(=O)CC(C)(C)C. The summed E-state index contributed by atoms with van der Waals surface area (Å²) in [4.78, 5) is 33.8. The fourth-order valence-corrected chi connectivity index (χ4v) is 5.09. The van der Waals surface area contributed by atoms with Crippen LogP contribution in [-0.2, 0) is 22.7 Å². The maximum atomic E-state index is 13.6. The van der Waals surface area contributed by atoms with Crippen molar-refractivity contribution < 1.29 is 14.0 Å². The van der Waals surface area contributed by atoms with Crippen LogP contribution < -0.4 is 0 Å². The summed E-state index contributed by atoms with van der Waals surface area (Å²) in [5.74, 6) is -0.355. The van der Waals surface area contributed by atoms with Crippen molar-refractivity contribution in [1.29, 1.82) is 0 Å². The van der Waals surface area contributed by atoms with Gasteiger partial charge in [-0.25, -0.2) is 4.39 Å². The summed E-state index contributed by atoms with van der Waals surface area (Å²) in [6.45, 7) is 12.6. The molecule has 2 heterocycles. The summed E-state index contributed by atoms with van der Waals surface area (Å²) >= 11 is 1.63. The first-order valence-electron chi connectivity index (χ1n) is 12.2. The third-order valence-electron chi connectivity index (χ3n) is 6.19. The van der Waals surface area contributed by atoms with Gasteiger partial charge in [0.1, 0.15) is 5.82 Å². The van der Waals surface area contributed by atoms with Gasteiger partial charge in [-0.3, -0.25) is 9.59 Å². The van der Waals surface area contributed by atoms with Crippen LogP contribution in [0.1, 0.15) is 56.0 Å². The Balaban J connectivity index is 1.75. The molecule has 0 saturated carbocycles. The van der Waals surface area contributed by atoms with Crippen LogP contribution in [0.2, 0.25) is 0 Å². The molecule has 0 N–H and O–H groups in total. The van der Waals surface area contributed by atoms with Crippen LogP contribution in [0.4, 0.5) is 4.39 Å². The predicted molar refractivity (Wildman–Crippen MR) is 136 cm³/mol. The second-order valence-corrected chi connectivity index (χ2v) is 11.5. The van der Waals surface area contributed by atoms with Gasteiger partial charge in [-0.2, -0.15) is 0 Å². The molecular weight excluding hydrogens is 449 g/mol. The average Bonchev–Trinajstić information content (AvgIpc) is 3.42. The Morgan fingerprint density at radius 1 is 1.00 bits per heavy atom. The number of hydrogen-bond donors (Lipinski definition) is 0. The van der Waals surface area contributed by atoms with Crippen LogP contribution in [0.25, 0.3) is 0 Å². The molecule has 2 aromatic rings. The van der Waals surface area contributed by atoms with Crippen LogP contribution in [0.5, 0.6) is 0 Å². The van der Waals surface area contributed by atoms with Crippen molar-refractivity contribution >= 4 is 23.2 Å². The van der Waals surface area contributed by atoms with Crippen LogP contribution in [-0.4, -0.2) is 59.2 Å². The number of likely N-dealkylation sites (tertiary alicyclic amines) is 1. The van der Waals surface area contributed by atoms with Gasteiger partial charge in [0.25, 0.3) is 0 Å². The van der Waals surface area contributed by atoms with Crippen molar-refractivity contribution in [2.45, 2.75) is 60.0 Å². The van der Waals surface area contributed by atoms with E-state index in [4.69, 9.17) is 0 Å². The van der Waals surface area contributed by atoms with Gasteiger partial charge in [-0.15, -0.1) is 11.3 Å². The number of amides is 2. The minimum absolute atomic E-state index is 0.0223. The number of rotatable bonds is 10. The Morgan fingerprint density at radius 2 is 1.68 bits per heavy atom. The van der Waals surface area contributed by atoms with E-state index in [1.54, 1.807) is 33.3 Å². The summed E-state index contributed by atoms with van der Waals surface area (Å²) in [5.41, 5.74) is 1.87. The zero-order valence-corrected chi connectivity index (χ0v) is 21.8. The lowest BCUT2D eigenvalue weighted by molar-refractivity contribution is -0.142. The molecule has 7 heteroatoms. The van der Waals surface area contributed by atoms with Gasteiger partial charge in [0.15, 0.2) is 0 Å². The van der Waals surface area contributed by atoms with Crippen LogP contribution >= 0.6 is 11.3 Å². The van der Waals surface area contributed by atoms with E-state index < -0.39 is 0 Å². The van der Waals surface area contributed by atoms with E-state index in [0.717, 1.165) is 35.6 Å². The van der Waals surface area contributed by atoms with Crippen LogP contribution in [0, 0.1) is 18.2 Å². The summed E-state index contributed by atoms with van der Waals surface area (Å²) in [6, 6.07) is 8.32. The van der Waals surface area contributed by atoms with Gasteiger partial charge in [0.05, 0.1) is 13.1 Å². The summed E-state index contributed by atoms with van der Waals surface area (Å²) < 4.78 is 13.4. The summed E-state index contributed by atoms with van der Waals surface area (Å²) in [7, 11) is 0. The van der Waals surface area contributed by atoms with Crippen molar-refractivity contribution in [3.8, 4) is 0 Å². The van der Waals surface area contributed by atoms with Crippen molar-refractivity contribution in [2.75, 3.05) is 32.7 Å². The molecule has 3 rings (SSSR count). The van der Waals surface area contributed by atoms with E-state index >= 15 is 0 Å². The zero-order chi connectivity index (χ0) is 24.7. The zero-order valence-electron chi connectivity index (χ0n) is 21.0. The standard InChI is InChI=1S/C27H38FN3O2S/c1-21-11-16-34-24(21)19-31(18-22-7-9-23(28)10-8-22)26(33)20-30(25(32)17-27(2,3)4)15-14-29-12-5-6-13-29/h7-11,16H,5-6,12-15,17-20H2,1-4H3. The number of thiophene rings is 1. The average molecular weight is 488 g/mol. The molecule has 34 heavy (non-hydrogen) atoms. The molecule has 0 unspecified atom stereocenters. The molecule has 0 aliphatic carbocycles. The Kier molecular flexibility index (Phi) is 9.25. The van der Waals surface area contributed by atoms with Gasteiger partial charge in [-0.05, 0) is 73.0 Å². The number of hydrogen-bond acceptors (Lipinski definition) is 4. The molecule has 0 bridgehead atoms. The van der Waals surface area contributed by atoms with Crippen molar-refractivity contribution in [3.63, 3.8) is 0 Å². The number of benzene rings is 1. The maximum absolute atomic E-state index is 13.6. The topological polar surface area (TPSA) is 43.9 Å². The minimum Gasteiger partial charge on any atom is -0.332 e. The van der Waals surface area contributed by atoms with Crippen molar-refractivity contribution in [1.82, 2.24) is 14.7 Å². The first-order chi connectivity index (χ1) is 16.1. The third-order valence-corrected chi connectivity index (χ3v) is 7.20. The normalized spacial score (nSPS) is 14.4. The number of carbonyl (C=O) groups is 2. The van der Waals surface area contributed by atoms with Crippen LogP contribution in [0.3, 0.4) is 0 Å². The number of nitrogens with zero attached hydrogens (tertiary/aromatic N) is 3. The van der Waals surface area contributed by atoms with E-state index in [1.807, 2.05) is 33.1 Å². The molecule has 1 fully saturated rings. The van der Waals surface area contributed by atoms with E-state index in [2.05, 4.69) is 11.0 Å². The molecule has 0 spiro atoms. The quantitative estimate of drug-likeness (QED) is 0.469. The van der Waals surface area contributed by atoms with Gasteiger partial charge < -0.3 is 14.7 Å². The Bertz CT molecular complexity index is 946. The highest BCUT2D eigenvalue weighted by atomic mass is 32.1. The molecular formula is C27H38FN3O2S. The summed E-state index contributed by atoms with van der Waals surface area (Å²) in [6.07, 6.45) is 2.79. The molecule has 5 nitrogen and oxygen atoms in total. The monoisotopic (exact) mass is 487 g/mol. The lowest BCUT2D eigenvalue weighted by atomic mass is 9.91. The minimum atomic E-state index is -0.295. The van der Waals surface area contributed by atoms with Crippen molar-refractivity contribution in [3.05, 3.63) is 57.5 Å². The second kappa shape index (κ2) is 11.9. The molecule has 186 valence electrons. The molecule has 0 atom stereocenters. The van der Waals surface area contributed by atoms with Crippen LogP contribution in [0.15, 0.2) is 35.7 Å². The largest absolute Gasteiger partial charge is 0.332 e. The lowest BCUT2D eigenvalue weighted by Gasteiger charge is -2.31. The van der Waals surface area contributed by atoms with E-state index in [0.29, 0.717) is 26.1 Å². The highest BCUT2D eigenvalue weighted by molar-refractivity contribution is 7.10. The molecule has 1 aromatic heterocycles. The Morgan fingerprint density at radius 3 is 2.26 bits per heavy atom. The van der Waals surface area contributed by atoms with E-state index in [1.165, 1.54) is 25.0 Å². The molecule has 1 aliphatic rings. The highest BCUT2D eigenvalue weighted by Gasteiger charge is 2.26. The Hall–Kier alpha value is -2.25. The van der Waals surface area contributed by atoms with E-state index in [-0.39, 0.29) is 29.6 Å². The van der Waals surface area contributed by atoms with Gasteiger partial charge >= 0.3 is 0 Å². The molecule has 1 aromatic carbocycles. The molecule has 1 saturated heterocycles.